The number of nitrogens with zero attached hydrogens (tertiary/aromatic N) is 2. The van der Waals surface area contributed by atoms with Crippen LogP contribution >= 0.6 is 0 Å². The third-order valence-electron chi connectivity index (χ3n) is 3.20. The van der Waals surface area contributed by atoms with E-state index in [4.69, 9.17) is 4.42 Å². The minimum absolute atomic E-state index is 0.228. The molecule has 0 aliphatic rings. The van der Waals surface area contributed by atoms with Crippen molar-refractivity contribution in [1.29, 1.82) is 0 Å². The van der Waals surface area contributed by atoms with Crippen LogP contribution in [0, 0.1) is 0 Å². The Hall–Kier alpha value is -3.15. The number of aromatic nitrogens is 2. The molecule has 0 saturated carbocycles. The Kier molecular flexibility index (Phi) is 4.63. The molecule has 3 aromatic heterocycles. The van der Waals surface area contributed by atoms with Crippen molar-refractivity contribution in [3.05, 3.63) is 78.3 Å². The van der Waals surface area contributed by atoms with Gasteiger partial charge in [0, 0.05) is 6.20 Å². The van der Waals surface area contributed by atoms with Crippen LogP contribution < -0.4 is 10.6 Å². The summed E-state index contributed by atoms with van der Waals surface area (Å²) in [5.41, 5.74) is 1.99. The number of pyridine rings is 2. The number of carbonyl (C=O) groups is 1. The van der Waals surface area contributed by atoms with Gasteiger partial charge in [-0.05, 0) is 36.4 Å². The van der Waals surface area contributed by atoms with E-state index in [9.17, 15) is 4.79 Å². The molecular weight excluding hydrogens is 292 g/mol. The molecule has 0 bridgehead atoms. The molecule has 0 unspecified atom stereocenters. The van der Waals surface area contributed by atoms with Crippen LogP contribution in [-0.4, -0.2) is 15.9 Å². The van der Waals surface area contributed by atoms with Crippen LogP contribution in [0.1, 0.15) is 21.9 Å². The van der Waals surface area contributed by atoms with E-state index in [1.807, 2.05) is 36.4 Å². The molecular formula is C17H16N4O2. The van der Waals surface area contributed by atoms with Gasteiger partial charge in [-0.3, -0.25) is 9.78 Å². The highest BCUT2D eigenvalue weighted by Crippen LogP contribution is 2.09. The molecule has 3 rings (SSSR count). The van der Waals surface area contributed by atoms with E-state index in [0.29, 0.717) is 18.8 Å². The molecule has 6 nitrogen and oxygen atoms in total. The van der Waals surface area contributed by atoms with E-state index < -0.39 is 0 Å². The lowest BCUT2D eigenvalue weighted by Gasteiger charge is -2.06. The van der Waals surface area contributed by atoms with Crippen LogP contribution in [0.3, 0.4) is 0 Å². The molecule has 23 heavy (non-hydrogen) atoms. The molecule has 0 aliphatic heterocycles. The fourth-order valence-electron chi connectivity index (χ4n) is 2.00. The molecule has 3 aromatic rings. The van der Waals surface area contributed by atoms with Crippen LogP contribution in [0.15, 0.2) is 65.5 Å². The first kappa shape index (κ1) is 14.8. The van der Waals surface area contributed by atoms with Crippen molar-refractivity contribution in [1.82, 2.24) is 15.3 Å². The van der Waals surface area contributed by atoms with Crippen LogP contribution in [-0.2, 0) is 13.1 Å². The molecule has 3 heterocycles. The molecule has 6 heteroatoms. The number of rotatable bonds is 6. The van der Waals surface area contributed by atoms with Gasteiger partial charge in [-0.15, -0.1) is 0 Å². The summed E-state index contributed by atoms with van der Waals surface area (Å²) in [5, 5.41) is 5.96. The summed E-state index contributed by atoms with van der Waals surface area (Å²) in [6.07, 6.45) is 4.95. The largest absolute Gasteiger partial charge is 0.467 e. The van der Waals surface area contributed by atoms with Crippen molar-refractivity contribution < 1.29 is 9.21 Å². The van der Waals surface area contributed by atoms with E-state index in [0.717, 1.165) is 17.1 Å². The average molecular weight is 308 g/mol. The molecule has 0 spiro atoms. The van der Waals surface area contributed by atoms with Crippen molar-refractivity contribution >= 4 is 11.6 Å². The second-order valence-corrected chi connectivity index (χ2v) is 4.87. The highest BCUT2D eigenvalue weighted by Gasteiger charge is 2.07. The molecule has 0 radical (unpaired) electrons. The summed E-state index contributed by atoms with van der Waals surface area (Å²) in [4.78, 5) is 20.4. The van der Waals surface area contributed by atoms with Crippen LogP contribution in [0.4, 0.5) is 5.69 Å². The van der Waals surface area contributed by atoms with Crippen molar-refractivity contribution in [2.45, 2.75) is 13.1 Å². The second kappa shape index (κ2) is 7.22. The highest BCUT2D eigenvalue weighted by molar-refractivity contribution is 5.92. The van der Waals surface area contributed by atoms with Gasteiger partial charge >= 0.3 is 0 Å². The quantitative estimate of drug-likeness (QED) is 0.731. The molecule has 1 amide bonds. The number of nitrogens with one attached hydrogen (secondary N) is 2. The van der Waals surface area contributed by atoms with Gasteiger partial charge in [0.25, 0.3) is 5.91 Å². The number of carbonyl (C=O) groups excluding carboxylic acids is 1. The third kappa shape index (κ3) is 4.16. The lowest BCUT2D eigenvalue weighted by molar-refractivity contribution is 0.0945. The van der Waals surface area contributed by atoms with Crippen molar-refractivity contribution in [3.8, 4) is 0 Å². The number of amides is 1. The number of furan rings is 1. The summed E-state index contributed by atoms with van der Waals surface area (Å²) in [5.74, 6) is 0.607. The maximum absolute atomic E-state index is 12.0. The predicted molar refractivity (Wildman–Crippen MR) is 85.7 cm³/mol. The van der Waals surface area contributed by atoms with Crippen molar-refractivity contribution in [2.75, 3.05) is 5.32 Å². The molecule has 0 aliphatic carbocycles. The summed E-state index contributed by atoms with van der Waals surface area (Å²) in [6.45, 7) is 0.944. The van der Waals surface area contributed by atoms with Crippen LogP contribution in [0.2, 0.25) is 0 Å². The summed E-state index contributed by atoms with van der Waals surface area (Å²) < 4.78 is 5.24. The number of hydrogen-bond acceptors (Lipinski definition) is 5. The number of hydrogen-bond donors (Lipinski definition) is 2. The normalized spacial score (nSPS) is 10.3. The zero-order valence-corrected chi connectivity index (χ0v) is 12.4. The third-order valence-corrected chi connectivity index (χ3v) is 3.20. The lowest BCUT2D eigenvalue weighted by Crippen LogP contribution is -2.24. The predicted octanol–water partition coefficient (Wildman–Crippen LogP) is 2.61. The minimum atomic E-state index is -0.228. The van der Waals surface area contributed by atoms with Gasteiger partial charge in [0.2, 0.25) is 0 Å². The first-order valence-electron chi connectivity index (χ1n) is 7.22. The Morgan fingerprint density at radius 3 is 2.70 bits per heavy atom. The molecule has 0 atom stereocenters. The van der Waals surface area contributed by atoms with Gasteiger partial charge in [-0.25, -0.2) is 4.98 Å². The fourth-order valence-corrected chi connectivity index (χ4v) is 2.00. The fraction of sp³-hybridized carbons (Fsp3) is 0.118. The van der Waals surface area contributed by atoms with E-state index in [-0.39, 0.29) is 5.91 Å². The van der Waals surface area contributed by atoms with Gasteiger partial charge in [0.05, 0.1) is 36.9 Å². The topological polar surface area (TPSA) is 80.0 Å². The Morgan fingerprint density at radius 1 is 1.04 bits per heavy atom. The smallest absolute Gasteiger partial charge is 0.270 e. The first-order chi connectivity index (χ1) is 11.3. The van der Waals surface area contributed by atoms with E-state index in [1.54, 1.807) is 24.7 Å². The van der Waals surface area contributed by atoms with Gasteiger partial charge in [0.1, 0.15) is 11.5 Å². The first-order valence-corrected chi connectivity index (χ1v) is 7.22. The summed E-state index contributed by atoms with van der Waals surface area (Å²) in [7, 11) is 0. The van der Waals surface area contributed by atoms with Gasteiger partial charge in [-0.1, -0.05) is 6.07 Å². The molecule has 2 N–H and O–H groups in total. The number of anilines is 1. The van der Waals surface area contributed by atoms with Crippen molar-refractivity contribution in [2.24, 2.45) is 0 Å². The zero-order valence-electron chi connectivity index (χ0n) is 12.4. The minimum Gasteiger partial charge on any atom is -0.467 e. The molecule has 0 aromatic carbocycles. The molecule has 0 fully saturated rings. The highest BCUT2D eigenvalue weighted by atomic mass is 16.3. The summed E-state index contributed by atoms with van der Waals surface area (Å²) >= 11 is 0. The zero-order chi connectivity index (χ0) is 15.9. The second-order valence-electron chi connectivity index (χ2n) is 4.87. The van der Waals surface area contributed by atoms with Gasteiger partial charge in [0.15, 0.2) is 0 Å². The van der Waals surface area contributed by atoms with E-state index in [2.05, 4.69) is 20.6 Å². The standard InChI is InChI=1S/C17H16N4O2/c22-17(21-11-13-4-1-2-8-18-13)16-7-6-14(10-20-16)19-12-15-5-3-9-23-15/h1-10,19H,11-12H2,(H,21,22). The Morgan fingerprint density at radius 2 is 2.00 bits per heavy atom. The summed E-state index contributed by atoms with van der Waals surface area (Å²) in [6, 6.07) is 12.8. The van der Waals surface area contributed by atoms with Gasteiger partial charge < -0.3 is 15.1 Å². The van der Waals surface area contributed by atoms with Crippen LogP contribution in [0.5, 0.6) is 0 Å². The van der Waals surface area contributed by atoms with Crippen molar-refractivity contribution in [3.63, 3.8) is 0 Å². The Balaban J connectivity index is 1.53. The average Bonchev–Trinajstić information content (AvgIpc) is 3.13. The maximum Gasteiger partial charge on any atom is 0.270 e. The van der Waals surface area contributed by atoms with Crippen LogP contribution in [0.25, 0.3) is 0 Å². The monoisotopic (exact) mass is 308 g/mol. The van der Waals surface area contributed by atoms with E-state index >= 15 is 0 Å². The lowest BCUT2D eigenvalue weighted by atomic mass is 10.3. The van der Waals surface area contributed by atoms with Gasteiger partial charge in [-0.2, -0.15) is 0 Å². The SMILES string of the molecule is O=C(NCc1ccccn1)c1ccc(NCc2ccco2)cn1. The van der Waals surface area contributed by atoms with E-state index in [1.165, 1.54) is 0 Å². The Bertz CT molecular complexity index is 740. The molecule has 0 saturated heterocycles. The maximum atomic E-state index is 12.0. The Labute approximate surface area is 133 Å². The molecule has 116 valence electrons.